The van der Waals surface area contributed by atoms with Gasteiger partial charge in [0.25, 0.3) is 15.6 Å². The number of anilines is 1. The summed E-state index contributed by atoms with van der Waals surface area (Å²) in [6.07, 6.45) is 1.24. The highest BCUT2D eigenvalue weighted by Gasteiger charge is 2.18. The van der Waals surface area contributed by atoms with Gasteiger partial charge in [0.05, 0.1) is 10.5 Å². The van der Waals surface area contributed by atoms with E-state index in [2.05, 4.69) is 14.7 Å². The molecular formula is C19H15N3O5S. The summed E-state index contributed by atoms with van der Waals surface area (Å²) < 4.78 is 27.7. The van der Waals surface area contributed by atoms with Crippen molar-refractivity contribution in [3.8, 4) is 0 Å². The molecule has 0 saturated heterocycles. The van der Waals surface area contributed by atoms with Gasteiger partial charge in [0.1, 0.15) is 5.52 Å². The Hall–Kier alpha value is -3.59. The smallest absolute Gasteiger partial charge is 0.337 e. The van der Waals surface area contributed by atoms with Gasteiger partial charge in [-0.2, -0.15) is 0 Å². The number of H-pyrrole nitrogens is 2. The minimum atomic E-state index is -3.82. The summed E-state index contributed by atoms with van der Waals surface area (Å²) >= 11 is 0. The van der Waals surface area contributed by atoms with Crippen molar-refractivity contribution < 1.29 is 18.3 Å². The van der Waals surface area contributed by atoms with E-state index in [0.29, 0.717) is 10.9 Å². The van der Waals surface area contributed by atoms with Gasteiger partial charge in [-0.3, -0.25) is 9.52 Å². The molecule has 0 aliphatic rings. The molecule has 0 aliphatic carbocycles. The predicted molar refractivity (Wildman–Crippen MR) is 105 cm³/mol. The Morgan fingerprint density at radius 1 is 1.11 bits per heavy atom. The Morgan fingerprint density at radius 2 is 1.82 bits per heavy atom. The first-order valence-corrected chi connectivity index (χ1v) is 9.74. The second-order valence-electron chi connectivity index (χ2n) is 6.39. The number of nitrogens with one attached hydrogen (secondary N) is 3. The number of aromatic nitrogens is 2. The number of hydrogen-bond donors (Lipinski definition) is 4. The third-order valence-electron chi connectivity index (χ3n) is 4.46. The van der Waals surface area contributed by atoms with Gasteiger partial charge in [0.2, 0.25) is 0 Å². The van der Waals surface area contributed by atoms with Crippen molar-refractivity contribution in [2.24, 2.45) is 0 Å². The zero-order valence-electron chi connectivity index (χ0n) is 14.6. The summed E-state index contributed by atoms with van der Waals surface area (Å²) in [6.45, 7) is 1.86. The molecule has 0 saturated carbocycles. The molecule has 0 bridgehead atoms. The van der Waals surface area contributed by atoms with Crippen LogP contribution in [0.3, 0.4) is 0 Å². The van der Waals surface area contributed by atoms with E-state index < -0.39 is 21.6 Å². The first-order valence-electron chi connectivity index (χ1n) is 8.26. The molecule has 28 heavy (non-hydrogen) atoms. The van der Waals surface area contributed by atoms with Crippen LogP contribution in [0, 0.1) is 6.92 Å². The van der Waals surface area contributed by atoms with Crippen molar-refractivity contribution in [3.05, 3.63) is 70.1 Å². The molecule has 2 heterocycles. The van der Waals surface area contributed by atoms with Crippen LogP contribution in [0.25, 0.3) is 21.8 Å². The molecule has 0 unspecified atom stereocenters. The lowest BCUT2D eigenvalue weighted by Crippen LogP contribution is -2.13. The Bertz CT molecular complexity index is 1400. The number of carboxylic acids is 1. The number of carboxylic acid groups (broad SMARTS) is 1. The van der Waals surface area contributed by atoms with Crippen LogP contribution in [0.4, 0.5) is 5.69 Å². The number of pyridine rings is 1. The van der Waals surface area contributed by atoms with Crippen LogP contribution >= 0.6 is 0 Å². The van der Waals surface area contributed by atoms with Crippen molar-refractivity contribution in [1.82, 2.24) is 9.97 Å². The van der Waals surface area contributed by atoms with Crippen molar-refractivity contribution in [3.63, 3.8) is 0 Å². The summed E-state index contributed by atoms with van der Waals surface area (Å²) in [5.41, 5.74) is 1.18. The third kappa shape index (κ3) is 2.91. The molecule has 142 valence electrons. The fraction of sp³-hybridized carbons (Fsp3) is 0.0526. The minimum absolute atomic E-state index is 0.0651. The lowest BCUT2D eigenvalue weighted by Gasteiger charge is -2.10. The number of sulfonamides is 1. The highest BCUT2D eigenvalue weighted by atomic mass is 32.2. The molecule has 0 spiro atoms. The van der Waals surface area contributed by atoms with Crippen LogP contribution in [-0.4, -0.2) is 29.5 Å². The van der Waals surface area contributed by atoms with E-state index in [1.54, 1.807) is 12.1 Å². The second-order valence-corrected chi connectivity index (χ2v) is 8.07. The minimum Gasteiger partial charge on any atom is -0.478 e. The zero-order valence-corrected chi connectivity index (χ0v) is 15.4. The Labute approximate surface area is 158 Å². The maximum atomic E-state index is 12.6. The normalized spacial score (nSPS) is 11.8. The Morgan fingerprint density at radius 3 is 2.50 bits per heavy atom. The molecule has 0 radical (unpaired) electrons. The monoisotopic (exact) mass is 397 g/mol. The molecule has 4 N–H and O–H groups in total. The predicted octanol–water partition coefficient (Wildman–Crippen LogP) is 2.82. The zero-order chi connectivity index (χ0) is 20.1. The molecule has 0 amide bonds. The Kier molecular flexibility index (Phi) is 3.97. The van der Waals surface area contributed by atoms with E-state index in [-0.39, 0.29) is 27.0 Å². The Balaban J connectivity index is 1.87. The number of rotatable bonds is 4. The maximum Gasteiger partial charge on any atom is 0.337 e. The average Bonchev–Trinajstić information content (AvgIpc) is 3.09. The number of benzene rings is 2. The van der Waals surface area contributed by atoms with Crippen LogP contribution in [0.1, 0.15) is 15.9 Å². The van der Waals surface area contributed by atoms with Gasteiger partial charge < -0.3 is 15.1 Å². The van der Waals surface area contributed by atoms with Crippen molar-refractivity contribution >= 4 is 43.5 Å². The SMILES string of the molecule is Cc1ccc(S(=O)(=O)Nc2ccc3[nH]c(=O)c4[nH]cc(C(=O)O)c4c3c2)cc1. The molecule has 0 atom stereocenters. The van der Waals surface area contributed by atoms with Crippen LogP contribution < -0.4 is 10.3 Å². The lowest BCUT2D eigenvalue weighted by atomic mass is 10.1. The largest absolute Gasteiger partial charge is 0.478 e. The van der Waals surface area contributed by atoms with Gasteiger partial charge in [0.15, 0.2) is 0 Å². The van der Waals surface area contributed by atoms with E-state index >= 15 is 0 Å². The van der Waals surface area contributed by atoms with Crippen molar-refractivity contribution in [2.45, 2.75) is 11.8 Å². The van der Waals surface area contributed by atoms with E-state index in [4.69, 9.17) is 0 Å². The summed E-state index contributed by atoms with van der Waals surface area (Å²) in [7, 11) is -3.82. The van der Waals surface area contributed by atoms with Crippen LogP contribution in [-0.2, 0) is 10.0 Å². The summed E-state index contributed by atoms with van der Waals surface area (Å²) in [4.78, 5) is 29.1. The lowest BCUT2D eigenvalue weighted by molar-refractivity contribution is 0.0699. The molecule has 0 aliphatic heterocycles. The van der Waals surface area contributed by atoms with Crippen LogP contribution in [0.15, 0.2) is 58.4 Å². The molecule has 2 aromatic heterocycles. The first-order chi connectivity index (χ1) is 13.3. The second kappa shape index (κ2) is 6.24. The van der Waals surface area contributed by atoms with Gasteiger partial charge >= 0.3 is 5.97 Å². The van der Waals surface area contributed by atoms with Crippen LogP contribution in [0.5, 0.6) is 0 Å². The first kappa shape index (κ1) is 17.8. The van der Waals surface area contributed by atoms with Gasteiger partial charge in [-0.05, 0) is 37.3 Å². The van der Waals surface area contributed by atoms with E-state index in [9.17, 15) is 23.1 Å². The molecule has 8 nitrogen and oxygen atoms in total. The quantitative estimate of drug-likeness (QED) is 0.420. The molecule has 2 aromatic carbocycles. The van der Waals surface area contributed by atoms with Gasteiger partial charge in [-0.15, -0.1) is 0 Å². The fourth-order valence-electron chi connectivity index (χ4n) is 3.09. The van der Waals surface area contributed by atoms with Gasteiger partial charge in [-0.1, -0.05) is 17.7 Å². The number of carbonyl (C=O) groups is 1. The molecular weight excluding hydrogens is 382 g/mol. The molecule has 9 heteroatoms. The molecule has 4 rings (SSSR count). The molecule has 4 aromatic rings. The maximum absolute atomic E-state index is 12.6. The highest BCUT2D eigenvalue weighted by molar-refractivity contribution is 7.92. The summed E-state index contributed by atoms with van der Waals surface area (Å²) in [5, 5.41) is 10.0. The molecule has 0 fully saturated rings. The van der Waals surface area contributed by atoms with Crippen molar-refractivity contribution in [2.75, 3.05) is 4.72 Å². The van der Waals surface area contributed by atoms with Gasteiger partial charge in [0, 0.05) is 28.2 Å². The average molecular weight is 397 g/mol. The summed E-state index contributed by atoms with van der Waals surface area (Å²) in [6, 6.07) is 10.9. The van der Waals surface area contributed by atoms with E-state index in [0.717, 1.165) is 5.56 Å². The van der Waals surface area contributed by atoms with Gasteiger partial charge in [-0.25, -0.2) is 13.2 Å². The fourth-order valence-corrected chi connectivity index (χ4v) is 4.14. The van der Waals surface area contributed by atoms with Crippen molar-refractivity contribution in [1.29, 1.82) is 0 Å². The third-order valence-corrected chi connectivity index (χ3v) is 5.86. The van der Waals surface area contributed by atoms with E-state index in [1.165, 1.54) is 36.5 Å². The number of aromatic carboxylic acids is 1. The topological polar surface area (TPSA) is 132 Å². The number of hydrogen-bond acceptors (Lipinski definition) is 4. The van der Waals surface area contributed by atoms with Crippen LogP contribution in [0.2, 0.25) is 0 Å². The number of aromatic amines is 2. The standard InChI is InChI=1S/C19H15N3O5S/c1-10-2-5-12(6-3-10)28(26,27)22-11-4-7-15-13(8-11)16-14(19(24)25)9-20-17(16)18(23)21-15/h2-9,20,22H,1H3,(H,21,23)(H,24,25). The number of aryl methyl sites for hydroxylation is 1. The summed E-state index contributed by atoms with van der Waals surface area (Å²) in [5.74, 6) is -1.19. The van der Waals surface area contributed by atoms with E-state index in [1.807, 2.05) is 6.92 Å². The highest BCUT2D eigenvalue weighted by Crippen LogP contribution is 2.28. The number of fused-ring (bicyclic) bond motifs is 3.